The molecule has 5 nitrogen and oxygen atoms in total. The number of rotatable bonds is 5. The monoisotopic (exact) mass is 264 g/mol. The SMILES string of the molecule is CN(CC(=O)NC1CCCCC1)Cc1cnn(C)c1. The molecule has 0 aromatic carbocycles. The quantitative estimate of drug-likeness (QED) is 0.872. The first-order chi connectivity index (χ1) is 9.13. The zero-order chi connectivity index (χ0) is 13.7. The summed E-state index contributed by atoms with van der Waals surface area (Å²) < 4.78 is 1.78. The Hall–Kier alpha value is -1.36. The van der Waals surface area contributed by atoms with Crippen molar-refractivity contribution >= 4 is 5.91 Å². The number of aromatic nitrogens is 2. The molecule has 1 aromatic rings. The molecule has 0 atom stereocenters. The Kier molecular flexibility index (Phi) is 4.96. The highest BCUT2D eigenvalue weighted by atomic mass is 16.2. The lowest BCUT2D eigenvalue weighted by Crippen LogP contribution is -2.41. The van der Waals surface area contributed by atoms with Crippen LogP contribution in [0.4, 0.5) is 0 Å². The largest absolute Gasteiger partial charge is 0.352 e. The molecule has 2 rings (SSSR count). The van der Waals surface area contributed by atoms with Gasteiger partial charge in [0.1, 0.15) is 0 Å². The van der Waals surface area contributed by atoms with Crippen LogP contribution >= 0.6 is 0 Å². The van der Waals surface area contributed by atoms with Crippen LogP contribution in [-0.4, -0.2) is 40.2 Å². The summed E-state index contributed by atoms with van der Waals surface area (Å²) in [6, 6.07) is 0.396. The molecule has 5 heteroatoms. The van der Waals surface area contributed by atoms with E-state index in [-0.39, 0.29) is 5.91 Å². The van der Waals surface area contributed by atoms with Crippen LogP contribution in [0.15, 0.2) is 12.4 Å². The van der Waals surface area contributed by atoms with E-state index < -0.39 is 0 Å². The molecular weight excluding hydrogens is 240 g/mol. The molecule has 19 heavy (non-hydrogen) atoms. The molecule has 1 aliphatic rings. The van der Waals surface area contributed by atoms with E-state index in [0.717, 1.165) is 24.9 Å². The summed E-state index contributed by atoms with van der Waals surface area (Å²) in [4.78, 5) is 14.0. The fourth-order valence-electron chi connectivity index (χ4n) is 2.69. The minimum Gasteiger partial charge on any atom is -0.352 e. The van der Waals surface area contributed by atoms with Gasteiger partial charge in [0.2, 0.25) is 5.91 Å². The molecule has 1 fully saturated rings. The maximum Gasteiger partial charge on any atom is 0.234 e. The second-order valence-corrected chi connectivity index (χ2v) is 5.60. The van der Waals surface area contributed by atoms with Crippen molar-refractivity contribution in [3.05, 3.63) is 18.0 Å². The van der Waals surface area contributed by atoms with Crippen LogP contribution in [-0.2, 0) is 18.4 Å². The highest BCUT2D eigenvalue weighted by molar-refractivity contribution is 5.78. The number of nitrogens with one attached hydrogen (secondary N) is 1. The molecule has 1 heterocycles. The number of nitrogens with zero attached hydrogens (tertiary/aromatic N) is 3. The molecule has 1 aliphatic carbocycles. The van der Waals surface area contributed by atoms with Gasteiger partial charge in [-0.3, -0.25) is 14.4 Å². The van der Waals surface area contributed by atoms with Crippen LogP contribution in [0.5, 0.6) is 0 Å². The minimum atomic E-state index is 0.137. The molecule has 0 spiro atoms. The van der Waals surface area contributed by atoms with Crippen molar-refractivity contribution in [2.24, 2.45) is 7.05 Å². The number of likely N-dealkylation sites (N-methyl/N-ethyl adjacent to an activating group) is 1. The summed E-state index contributed by atoms with van der Waals surface area (Å²) in [5.74, 6) is 0.137. The van der Waals surface area contributed by atoms with Gasteiger partial charge in [0.15, 0.2) is 0 Å². The molecule has 1 aromatic heterocycles. The van der Waals surface area contributed by atoms with Crippen molar-refractivity contribution in [2.45, 2.75) is 44.7 Å². The van der Waals surface area contributed by atoms with E-state index in [1.807, 2.05) is 31.4 Å². The predicted molar refractivity (Wildman–Crippen MR) is 74.6 cm³/mol. The normalized spacial score (nSPS) is 16.8. The van der Waals surface area contributed by atoms with E-state index in [9.17, 15) is 4.79 Å². The summed E-state index contributed by atoms with van der Waals surface area (Å²) >= 11 is 0. The van der Waals surface area contributed by atoms with Crippen LogP contribution in [0, 0.1) is 0 Å². The maximum atomic E-state index is 11.9. The molecule has 0 bridgehead atoms. The number of amides is 1. The van der Waals surface area contributed by atoms with Gasteiger partial charge < -0.3 is 5.32 Å². The smallest absolute Gasteiger partial charge is 0.234 e. The summed E-state index contributed by atoms with van der Waals surface area (Å²) in [6.45, 7) is 1.21. The van der Waals surface area contributed by atoms with E-state index in [4.69, 9.17) is 0 Å². The zero-order valence-corrected chi connectivity index (χ0v) is 11.9. The highest BCUT2D eigenvalue weighted by Crippen LogP contribution is 2.17. The minimum absolute atomic E-state index is 0.137. The fourth-order valence-corrected chi connectivity index (χ4v) is 2.69. The van der Waals surface area contributed by atoms with Crippen molar-refractivity contribution in [2.75, 3.05) is 13.6 Å². The molecule has 106 valence electrons. The molecule has 0 saturated heterocycles. The van der Waals surface area contributed by atoms with Crippen LogP contribution in [0.3, 0.4) is 0 Å². The van der Waals surface area contributed by atoms with E-state index in [1.165, 1.54) is 19.3 Å². The maximum absolute atomic E-state index is 11.9. The Morgan fingerprint density at radius 2 is 2.21 bits per heavy atom. The Bertz CT molecular complexity index is 409. The summed E-state index contributed by atoms with van der Waals surface area (Å²) in [5, 5.41) is 7.27. The summed E-state index contributed by atoms with van der Waals surface area (Å²) in [7, 11) is 3.87. The molecular formula is C14H24N4O. The van der Waals surface area contributed by atoms with Gasteiger partial charge in [-0.2, -0.15) is 5.10 Å². The van der Waals surface area contributed by atoms with Gasteiger partial charge in [-0.15, -0.1) is 0 Å². The van der Waals surface area contributed by atoms with Gasteiger partial charge in [0.05, 0.1) is 12.7 Å². The van der Waals surface area contributed by atoms with Gasteiger partial charge in [0, 0.05) is 31.4 Å². The summed E-state index contributed by atoms with van der Waals surface area (Å²) in [6.07, 6.45) is 9.90. The Labute approximate surface area is 115 Å². The van der Waals surface area contributed by atoms with E-state index in [2.05, 4.69) is 10.4 Å². The van der Waals surface area contributed by atoms with Gasteiger partial charge >= 0.3 is 0 Å². The van der Waals surface area contributed by atoms with Crippen molar-refractivity contribution in [1.29, 1.82) is 0 Å². The van der Waals surface area contributed by atoms with E-state index in [1.54, 1.807) is 4.68 Å². The number of carbonyl (C=O) groups is 1. The molecule has 1 saturated carbocycles. The number of aryl methyl sites for hydroxylation is 1. The molecule has 0 aliphatic heterocycles. The molecule has 0 radical (unpaired) electrons. The number of hydrogen-bond donors (Lipinski definition) is 1. The van der Waals surface area contributed by atoms with Gasteiger partial charge in [-0.1, -0.05) is 19.3 Å². The van der Waals surface area contributed by atoms with E-state index >= 15 is 0 Å². The first-order valence-corrected chi connectivity index (χ1v) is 7.09. The van der Waals surface area contributed by atoms with Crippen molar-refractivity contribution in [3.8, 4) is 0 Å². The van der Waals surface area contributed by atoms with E-state index in [0.29, 0.717) is 12.6 Å². The Morgan fingerprint density at radius 3 is 2.84 bits per heavy atom. The Balaban J connectivity index is 1.71. The second-order valence-electron chi connectivity index (χ2n) is 5.60. The predicted octanol–water partition coefficient (Wildman–Crippen LogP) is 1.30. The van der Waals surface area contributed by atoms with Gasteiger partial charge in [-0.25, -0.2) is 0 Å². The van der Waals surface area contributed by atoms with Crippen LogP contribution in [0.2, 0.25) is 0 Å². The van der Waals surface area contributed by atoms with Gasteiger partial charge in [0.25, 0.3) is 0 Å². The average molecular weight is 264 g/mol. The third kappa shape index (κ3) is 4.67. The van der Waals surface area contributed by atoms with Gasteiger partial charge in [-0.05, 0) is 19.9 Å². The lowest BCUT2D eigenvalue weighted by atomic mass is 9.95. The standard InChI is InChI=1S/C14H24N4O/c1-17(9-12-8-15-18(2)10-12)11-14(19)16-13-6-4-3-5-7-13/h8,10,13H,3-7,9,11H2,1-2H3,(H,16,19). The fraction of sp³-hybridized carbons (Fsp3) is 0.714. The number of hydrogen-bond acceptors (Lipinski definition) is 3. The van der Waals surface area contributed by atoms with Crippen molar-refractivity contribution in [3.63, 3.8) is 0 Å². The third-order valence-corrected chi connectivity index (χ3v) is 3.59. The van der Waals surface area contributed by atoms with Crippen LogP contribution in [0.25, 0.3) is 0 Å². The van der Waals surface area contributed by atoms with Crippen molar-refractivity contribution in [1.82, 2.24) is 20.0 Å². The first kappa shape index (κ1) is 14.1. The highest BCUT2D eigenvalue weighted by Gasteiger charge is 2.16. The number of carbonyl (C=O) groups excluding carboxylic acids is 1. The lowest BCUT2D eigenvalue weighted by Gasteiger charge is -2.24. The lowest BCUT2D eigenvalue weighted by molar-refractivity contribution is -0.123. The molecule has 1 N–H and O–H groups in total. The second kappa shape index (κ2) is 6.70. The zero-order valence-electron chi connectivity index (χ0n) is 11.9. The molecule has 1 amide bonds. The Morgan fingerprint density at radius 1 is 1.47 bits per heavy atom. The third-order valence-electron chi connectivity index (χ3n) is 3.59. The molecule has 0 unspecified atom stereocenters. The topological polar surface area (TPSA) is 50.2 Å². The summed E-state index contributed by atoms with van der Waals surface area (Å²) in [5.41, 5.74) is 1.13. The average Bonchev–Trinajstić information content (AvgIpc) is 2.75. The first-order valence-electron chi connectivity index (χ1n) is 7.09. The van der Waals surface area contributed by atoms with Crippen molar-refractivity contribution < 1.29 is 4.79 Å². The van der Waals surface area contributed by atoms with Crippen LogP contribution in [0.1, 0.15) is 37.7 Å². The van der Waals surface area contributed by atoms with Crippen LogP contribution < -0.4 is 5.32 Å².